The Hall–Kier alpha value is -1.45. The molecule has 0 amide bonds. The van der Waals surface area contributed by atoms with Gasteiger partial charge in [-0.05, 0) is 30.3 Å². The minimum atomic E-state index is -0.853. The van der Waals surface area contributed by atoms with Crippen molar-refractivity contribution in [3.63, 3.8) is 0 Å². The van der Waals surface area contributed by atoms with Gasteiger partial charge in [0.2, 0.25) is 0 Å². The molecule has 2 rings (SSSR count). The van der Waals surface area contributed by atoms with Gasteiger partial charge in [-0.3, -0.25) is 4.79 Å². The van der Waals surface area contributed by atoms with Crippen molar-refractivity contribution >= 4 is 29.2 Å². The standard InChI is InChI=1S/C13H10Cl2O3/c14-8-1-4-11(15)10(7-8)12-5-2-9(18-12)3-6-13(16)17/h1-2,4-5,7H,3,6H2,(H,16,17). The zero-order valence-corrected chi connectivity index (χ0v) is 10.8. The van der Waals surface area contributed by atoms with Crippen LogP contribution in [-0.4, -0.2) is 11.1 Å². The van der Waals surface area contributed by atoms with E-state index in [1.165, 1.54) is 0 Å². The van der Waals surface area contributed by atoms with Gasteiger partial charge < -0.3 is 9.52 Å². The maximum atomic E-state index is 10.5. The average molecular weight is 285 g/mol. The molecule has 0 saturated carbocycles. The van der Waals surface area contributed by atoms with Crippen molar-refractivity contribution < 1.29 is 14.3 Å². The summed E-state index contributed by atoms with van der Waals surface area (Å²) in [5.74, 6) is 0.347. The monoisotopic (exact) mass is 284 g/mol. The molecule has 0 aliphatic heterocycles. The predicted octanol–water partition coefficient (Wildman–Crippen LogP) is 4.27. The van der Waals surface area contributed by atoms with Crippen LogP contribution in [0.1, 0.15) is 12.2 Å². The smallest absolute Gasteiger partial charge is 0.303 e. The van der Waals surface area contributed by atoms with E-state index in [0.29, 0.717) is 33.6 Å². The van der Waals surface area contributed by atoms with Crippen LogP contribution in [0.5, 0.6) is 0 Å². The fraction of sp³-hybridized carbons (Fsp3) is 0.154. The highest BCUT2D eigenvalue weighted by molar-refractivity contribution is 6.35. The first-order valence-electron chi connectivity index (χ1n) is 5.32. The van der Waals surface area contributed by atoms with Crippen molar-refractivity contribution in [2.45, 2.75) is 12.8 Å². The molecule has 0 saturated heterocycles. The summed E-state index contributed by atoms with van der Waals surface area (Å²) in [7, 11) is 0. The molecule has 0 atom stereocenters. The lowest BCUT2D eigenvalue weighted by atomic mass is 10.2. The lowest BCUT2D eigenvalue weighted by molar-refractivity contribution is -0.137. The average Bonchev–Trinajstić information content (AvgIpc) is 2.78. The van der Waals surface area contributed by atoms with Crippen LogP contribution in [-0.2, 0) is 11.2 Å². The Bertz CT molecular complexity index is 575. The van der Waals surface area contributed by atoms with Crippen molar-refractivity contribution in [3.05, 3.63) is 46.1 Å². The van der Waals surface area contributed by atoms with Crippen molar-refractivity contribution in [3.8, 4) is 11.3 Å². The van der Waals surface area contributed by atoms with E-state index in [1.807, 2.05) is 0 Å². The van der Waals surface area contributed by atoms with Crippen LogP contribution in [0.2, 0.25) is 10.0 Å². The Morgan fingerprint density at radius 3 is 2.72 bits per heavy atom. The minimum Gasteiger partial charge on any atom is -0.481 e. The van der Waals surface area contributed by atoms with Crippen LogP contribution >= 0.6 is 23.2 Å². The number of aliphatic carboxylic acids is 1. The largest absolute Gasteiger partial charge is 0.481 e. The highest BCUT2D eigenvalue weighted by atomic mass is 35.5. The number of benzene rings is 1. The number of hydrogen-bond acceptors (Lipinski definition) is 2. The van der Waals surface area contributed by atoms with Gasteiger partial charge in [0.15, 0.2) is 0 Å². The van der Waals surface area contributed by atoms with Crippen molar-refractivity contribution in [2.75, 3.05) is 0 Å². The zero-order valence-electron chi connectivity index (χ0n) is 9.32. The molecule has 0 unspecified atom stereocenters. The molecule has 3 nitrogen and oxygen atoms in total. The van der Waals surface area contributed by atoms with E-state index >= 15 is 0 Å². The van der Waals surface area contributed by atoms with Crippen LogP contribution in [0.3, 0.4) is 0 Å². The molecule has 0 spiro atoms. The van der Waals surface area contributed by atoms with Gasteiger partial charge in [0.05, 0.1) is 11.4 Å². The number of carbonyl (C=O) groups is 1. The molecule has 1 N–H and O–H groups in total. The molecule has 2 aromatic rings. The van der Waals surface area contributed by atoms with E-state index < -0.39 is 5.97 Å². The van der Waals surface area contributed by atoms with Gasteiger partial charge >= 0.3 is 5.97 Å². The second kappa shape index (κ2) is 5.46. The Morgan fingerprint density at radius 1 is 1.22 bits per heavy atom. The fourth-order valence-corrected chi connectivity index (χ4v) is 1.96. The number of aryl methyl sites for hydroxylation is 1. The third kappa shape index (κ3) is 3.06. The summed E-state index contributed by atoms with van der Waals surface area (Å²) in [5, 5.41) is 9.71. The highest BCUT2D eigenvalue weighted by Gasteiger charge is 2.10. The maximum Gasteiger partial charge on any atom is 0.303 e. The van der Waals surface area contributed by atoms with E-state index in [-0.39, 0.29) is 6.42 Å². The van der Waals surface area contributed by atoms with Crippen LogP contribution < -0.4 is 0 Å². The van der Waals surface area contributed by atoms with E-state index in [2.05, 4.69) is 0 Å². The topological polar surface area (TPSA) is 50.4 Å². The van der Waals surface area contributed by atoms with E-state index in [0.717, 1.165) is 0 Å². The summed E-state index contributed by atoms with van der Waals surface area (Å²) < 4.78 is 5.55. The number of furan rings is 1. The summed E-state index contributed by atoms with van der Waals surface area (Å²) in [6.45, 7) is 0. The first-order valence-corrected chi connectivity index (χ1v) is 6.08. The quantitative estimate of drug-likeness (QED) is 0.912. The number of carboxylic acid groups (broad SMARTS) is 1. The molecule has 0 bridgehead atoms. The number of halogens is 2. The van der Waals surface area contributed by atoms with Crippen LogP contribution in [0.4, 0.5) is 0 Å². The summed E-state index contributed by atoms with van der Waals surface area (Å²) >= 11 is 12.0. The van der Waals surface area contributed by atoms with Gasteiger partial charge in [-0.15, -0.1) is 0 Å². The van der Waals surface area contributed by atoms with Gasteiger partial charge in [-0.2, -0.15) is 0 Å². The van der Waals surface area contributed by atoms with Gasteiger partial charge in [0, 0.05) is 17.0 Å². The molecule has 5 heteroatoms. The molecular weight excluding hydrogens is 275 g/mol. The first kappa shape index (κ1) is 13.0. The molecule has 0 radical (unpaired) electrons. The molecular formula is C13H10Cl2O3. The number of carboxylic acids is 1. The Labute approximate surface area is 114 Å². The van der Waals surface area contributed by atoms with E-state index in [1.54, 1.807) is 30.3 Å². The van der Waals surface area contributed by atoms with Gasteiger partial charge in [-0.25, -0.2) is 0 Å². The van der Waals surface area contributed by atoms with Crippen molar-refractivity contribution in [2.24, 2.45) is 0 Å². The molecule has 18 heavy (non-hydrogen) atoms. The van der Waals surface area contributed by atoms with E-state index in [4.69, 9.17) is 32.7 Å². The van der Waals surface area contributed by atoms with Gasteiger partial charge in [-0.1, -0.05) is 23.2 Å². The summed E-state index contributed by atoms with van der Waals surface area (Å²) in [6, 6.07) is 8.61. The fourth-order valence-electron chi connectivity index (χ4n) is 1.57. The Balaban J connectivity index is 2.23. The molecule has 1 aromatic heterocycles. The van der Waals surface area contributed by atoms with Gasteiger partial charge in [0.1, 0.15) is 11.5 Å². The second-order valence-corrected chi connectivity index (χ2v) is 4.63. The normalized spacial score (nSPS) is 10.6. The molecule has 94 valence electrons. The summed E-state index contributed by atoms with van der Waals surface area (Å²) in [6.07, 6.45) is 0.393. The number of hydrogen-bond donors (Lipinski definition) is 1. The lowest BCUT2D eigenvalue weighted by Gasteiger charge is -2.01. The molecule has 1 aromatic carbocycles. The maximum absolute atomic E-state index is 10.5. The molecule has 0 aliphatic rings. The van der Waals surface area contributed by atoms with Gasteiger partial charge in [0.25, 0.3) is 0 Å². The summed E-state index contributed by atoms with van der Waals surface area (Å²) in [4.78, 5) is 10.5. The van der Waals surface area contributed by atoms with Crippen LogP contribution in [0, 0.1) is 0 Å². The van der Waals surface area contributed by atoms with Crippen molar-refractivity contribution in [1.29, 1.82) is 0 Å². The molecule has 1 heterocycles. The van der Waals surface area contributed by atoms with E-state index in [9.17, 15) is 4.79 Å². The predicted molar refractivity (Wildman–Crippen MR) is 70.1 cm³/mol. The second-order valence-electron chi connectivity index (χ2n) is 3.78. The zero-order chi connectivity index (χ0) is 13.1. The summed E-state index contributed by atoms with van der Waals surface area (Å²) in [5.41, 5.74) is 0.700. The van der Waals surface area contributed by atoms with Crippen molar-refractivity contribution in [1.82, 2.24) is 0 Å². The third-order valence-electron chi connectivity index (χ3n) is 2.44. The lowest BCUT2D eigenvalue weighted by Crippen LogP contribution is -1.96. The number of rotatable bonds is 4. The highest BCUT2D eigenvalue weighted by Crippen LogP contribution is 2.31. The van der Waals surface area contributed by atoms with Crippen LogP contribution in [0.15, 0.2) is 34.7 Å². The van der Waals surface area contributed by atoms with Crippen LogP contribution in [0.25, 0.3) is 11.3 Å². The molecule has 0 fully saturated rings. The SMILES string of the molecule is O=C(O)CCc1ccc(-c2cc(Cl)ccc2Cl)o1. The third-order valence-corrected chi connectivity index (χ3v) is 3.01. The first-order chi connectivity index (χ1) is 8.56. The Kier molecular flexibility index (Phi) is 3.94. The molecule has 0 aliphatic carbocycles. The minimum absolute atomic E-state index is 0.0379. The Morgan fingerprint density at radius 2 is 2.00 bits per heavy atom.